The highest BCUT2D eigenvalue weighted by Crippen LogP contribution is 2.35. The zero-order valence-corrected chi connectivity index (χ0v) is 18.4. The Morgan fingerprint density at radius 1 is 0.867 bits per heavy atom. The van der Waals surface area contributed by atoms with E-state index in [2.05, 4.69) is 78.7 Å². The molecule has 0 radical (unpaired) electrons. The quantitative estimate of drug-likeness (QED) is 0.449. The molecule has 1 N–H and O–H groups in total. The van der Waals surface area contributed by atoms with Gasteiger partial charge in [0.2, 0.25) is 0 Å². The predicted molar refractivity (Wildman–Crippen MR) is 127 cm³/mol. The summed E-state index contributed by atoms with van der Waals surface area (Å²) < 4.78 is 0. The van der Waals surface area contributed by atoms with Crippen LogP contribution < -0.4 is 5.32 Å². The van der Waals surface area contributed by atoms with E-state index in [-0.39, 0.29) is 0 Å². The van der Waals surface area contributed by atoms with Crippen LogP contribution in [0.2, 0.25) is 0 Å². The number of rotatable bonds is 6. The Kier molecular flexibility index (Phi) is 6.96. The average molecular weight is 399 g/mol. The van der Waals surface area contributed by atoms with E-state index in [1.54, 1.807) is 11.1 Å². The first-order valence-electron chi connectivity index (χ1n) is 11.5. The van der Waals surface area contributed by atoms with Gasteiger partial charge in [0.15, 0.2) is 0 Å². The van der Waals surface area contributed by atoms with Gasteiger partial charge < -0.3 is 5.32 Å². The van der Waals surface area contributed by atoms with Gasteiger partial charge in [-0.15, -0.1) is 0 Å². The highest BCUT2D eigenvalue weighted by molar-refractivity contribution is 5.62. The lowest BCUT2D eigenvalue weighted by Gasteiger charge is -2.21. The van der Waals surface area contributed by atoms with Crippen LogP contribution in [0.3, 0.4) is 0 Å². The molecular formula is C28H34N2. The van der Waals surface area contributed by atoms with E-state index in [1.165, 1.54) is 48.8 Å². The fourth-order valence-corrected chi connectivity index (χ4v) is 4.84. The molecule has 0 bridgehead atoms. The Morgan fingerprint density at radius 2 is 1.70 bits per heavy atom. The molecule has 2 heteroatoms. The van der Waals surface area contributed by atoms with E-state index in [9.17, 15) is 0 Å². The first-order valence-corrected chi connectivity index (χ1v) is 11.5. The monoisotopic (exact) mass is 398 g/mol. The first kappa shape index (κ1) is 20.8. The second-order valence-corrected chi connectivity index (χ2v) is 9.01. The third-order valence-electron chi connectivity index (χ3n) is 6.57. The third kappa shape index (κ3) is 5.17. The van der Waals surface area contributed by atoms with Gasteiger partial charge >= 0.3 is 0 Å². The molecule has 2 atom stereocenters. The molecule has 1 aromatic heterocycles. The molecule has 0 amide bonds. The minimum absolute atomic E-state index is 0.605. The number of aromatic nitrogens is 1. The molecule has 0 aliphatic heterocycles. The first-order chi connectivity index (χ1) is 14.7. The van der Waals surface area contributed by atoms with E-state index < -0.39 is 0 Å². The summed E-state index contributed by atoms with van der Waals surface area (Å²) >= 11 is 0. The lowest BCUT2D eigenvalue weighted by atomic mass is 9.85. The normalized spacial score (nSPS) is 19.6. The highest BCUT2D eigenvalue weighted by atomic mass is 14.9. The van der Waals surface area contributed by atoms with Crippen molar-refractivity contribution in [1.29, 1.82) is 0 Å². The number of nitrogens with zero attached hydrogens (tertiary/aromatic N) is 1. The minimum atomic E-state index is 0.605. The lowest BCUT2D eigenvalue weighted by Crippen LogP contribution is -2.27. The van der Waals surface area contributed by atoms with Gasteiger partial charge in [0.1, 0.15) is 0 Å². The molecule has 2 unspecified atom stereocenters. The molecule has 1 heterocycles. The van der Waals surface area contributed by atoms with Crippen LogP contribution in [0.4, 0.5) is 0 Å². The Bertz CT molecular complexity index is 915. The van der Waals surface area contributed by atoms with E-state index >= 15 is 0 Å². The van der Waals surface area contributed by atoms with Gasteiger partial charge in [0.25, 0.3) is 0 Å². The molecule has 1 aliphatic carbocycles. The molecule has 1 fully saturated rings. The van der Waals surface area contributed by atoms with Crippen molar-refractivity contribution in [3.8, 4) is 11.1 Å². The summed E-state index contributed by atoms with van der Waals surface area (Å²) in [6, 6.07) is 22.7. The largest absolute Gasteiger partial charge is 0.310 e. The van der Waals surface area contributed by atoms with Crippen molar-refractivity contribution < 1.29 is 0 Å². The van der Waals surface area contributed by atoms with Crippen LogP contribution in [-0.4, -0.2) is 11.0 Å². The van der Waals surface area contributed by atoms with Gasteiger partial charge in [0.05, 0.1) is 0 Å². The summed E-state index contributed by atoms with van der Waals surface area (Å²) in [4.78, 5) is 4.22. The van der Waals surface area contributed by atoms with Gasteiger partial charge in [-0.2, -0.15) is 0 Å². The second-order valence-electron chi connectivity index (χ2n) is 9.01. The Morgan fingerprint density at radius 3 is 2.47 bits per heavy atom. The topological polar surface area (TPSA) is 24.9 Å². The molecule has 1 saturated carbocycles. The Hall–Kier alpha value is -2.45. The Labute approximate surface area is 181 Å². The fraction of sp³-hybridized carbons (Fsp3) is 0.393. The molecule has 30 heavy (non-hydrogen) atoms. The van der Waals surface area contributed by atoms with Crippen LogP contribution in [0.1, 0.15) is 74.5 Å². The molecule has 0 spiro atoms. The maximum atomic E-state index is 4.22. The van der Waals surface area contributed by atoms with E-state index in [0.717, 1.165) is 6.54 Å². The number of pyridine rings is 1. The zero-order valence-electron chi connectivity index (χ0n) is 18.4. The zero-order chi connectivity index (χ0) is 20.8. The maximum absolute atomic E-state index is 4.22. The van der Waals surface area contributed by atoms with Crippen molar-refractivity contribution in [2.45, 2.75) is 70.4 Å². The van der Waals surface area contributed by atoms with Gasteiger partial charge in [-0.05, 0) is 71.4 Å². The van der Waals surface area contributed by atoms with Crippen molar-refractivity contribution in [1.82, 2.24) is 10.3 Å². The molecule has 1 aliphatic rings. The van der Waals surface area contributed by atoms with Crippen LogP contribution in [0.25, 0.3) is 11.1 Å². The van der Waals surface area contributed by atoms with Crippen LogP contribution in [0, 0.1) is 0 Å². The van der Waals surface area contributed by atoms with E-state index in [0.29, 0.717) is 17.9 Å². The summed E-state index contributed by atoms with van der Waals surface area (Å²) in [5, 5.41) is 3.83. The van der Waals surface area contributed by atoms with Crippen LogP contribution >= 0.6 is 0 Å². The van der Waals surface area contributed by atoms with Gasteiger partial charge in [0, 0.05) is 25.0 Å². The number of hydrogen-bond acceptors (Lipinski definition) is 2. The van der Waals surface area contributed by atoms with E-state index in [4.69, 9.17) is 0 Å². The Balaban J connectivity index is 1.33. The molecule has 2 nitrogen and oxygen atoms in total. The summed E-state index contributed by atoms with van der Waals surface area (Å²) in [7, 11) is 0. The summed E-state index contributed by atoms with van der Waals surface area (Å²) in [5.41, 5.74) is 6.90. The number of benzene rings is 2. The molecule has 156 valence electrons. The standard InChI is InChI=1S/C28H34N2/c1-21(2)27-10-3-4-11-28(27)24-7-5-9-26(17-16-24)30-19-22-12-14-23(15-13-22)25-8-6-18-29-20-25/h3-4,6,8,10-15,18,20-21,24,26,30H,5,7,9,16-17,19H2,1-2H3. The average Bonchev–Trinajstić information content (AvgIpc) is 3.04. The summed E-state index contributed by atoms with van der Waals surface area (Å²) in [6.45, 7) is 5.59. The van der Waals surface area contributed by atoms with Crippen LogP contribution in [0.5, 0.6) is 0 Å². The summed E-state index contributed by atoms with van der Waals surface area (Å²) in [6.07, 6.45) is 10.2. The second kappa shape index (κ2) is 10.0. The predicted octanol–water partition coefficient (Wildman–Crippen LogP) is 7.08. The van der Waals surface area contributed by atoms with Gasteiger partial charge in [-0.25, -0.2) is 0 Å². The van der Waals surface area contributed by atoms with Crippen molar-refractivity contribution in [2.24, 2.45) is 0 Å². The molecule has 4 rings (SSSR count). The van der Waals surface area contributed by atoms with Crippen LogP contribution in [-0.2, 0) is 6.54 Å². The smallest absolute Gasteiger partial charge is 0.0346 e. The van der Waals surface area contributed by atoms with Crippen molar-refractivity contribution in [3.63, 3.8) is 0 Å². The number of nitrogens with one attached hydrogen (secondary N) is 1. The van der Waals surface area contributed by atoms with E-state index in [1.807, 2.05) is 18.5 Å². The highest BCUT2D eigenvalue weighted by Gasteiger charge is 2.22. The lowest BCUT2D eigenvalue weighted by molar-refractivity contribution is 0.456. The molecule has 0 saturated heterocycles. The molecular weight excluding hydrogens is 364 g/mol. The summed E-state index contributed by atoms with van der Waals surface area (Å²) in [5.74, 6) is 1.32. The molecule has 3 aromatic rings. The van der Waals surface area contributed by atoms with Gasteiger partial charge in [-0.3, -0.25) is 4.98 Å². The third-order valence-corrected chi connectivity index (χ3v) is 6.57. The van der Waals surface area contributed by atoms with Crippen molar-refractivity contribution >= 4 is 0 Å². The fourth-order valence-electron chi connectivity index (χ4n) is 4.84. The maximum Gasteiger partial charge on any atom is 0.0346 e. The SMILES string of the molecule is CC(C)c1ccccc1C1CCCC(NCc2ccc(-c3cccnc3)cc2)CC1. The minimum Gasteiger partial charge on any atom is -0.310 e. The van der Waals surface area contributed by atoms with Crippen molar-refractivity contribution in [2.75, 3.05) is 0 Å². The van der Waals surface area contributed by atoms with Gasteiger partial charge in [-0.1, -0.05) is 74.9 Å². The van der Waals surface area contributed by atoms with Crippen molar-refractivity contribution in [3.05, 3.63) is 89.7 Å². The van der Waals surface area contributed by atoms with Crippen LogP contribution in [0.15, 0.2) is 73.1 Å². The molecule has 2 aromatic carbocycles. The number of hydrogen-bond donors (Lipinski definition) is 1.